The summed E-state index contributed by atoms with van der Waals surface area (Å²) < 4.78 is 5.90. The average molecular weight is 409 g/mol. The van der Waals surface area contributed by atoms with Gasteiger partial charge in [0.25, 0.3) is 11.8 Å². The molecule has 5 heteroatoms. The van der Waals surface area contributed by atoms with Crippen LogP contribution in [0.2, 0.25) is 0 Å². The maximum absolute atomic E-state index is 12.8. The molecule has 5 nitrogen and oxygen atoms in total. The predicted octanol–water partition coefficient (Wildman–Crippen LogP) is 4.44. The lowest BCUT2D eigenvalue weighted by molar-refractivity contribution is -0.137. The van der Waals surface area contributed by atoms with Crippen molar-refractivity contribution in [3.63, 3.8) is 0 Å². The molecule has 160 valence electrons. The average Bonchev–Trinajstić information content (AvgIpc) is 3.51. The predicted molar refractivity (Wildman–Crippen MR) is 119 cm³/mol. The third kappa shape index (κ3) is 5.62. The topological polar surface area (TPSA) is 58.6 Å². The Kier molecular flexibility index (Phi) is 6.80. The van der Waals surface area contributed by atoms with E-state index in [0.717, 1.165) is 18.4 Å². The number of aryl methyl sites for hydroxylation is 1. The van der Waals surface area contributed by atoms with Gasteiger partial charge in [0.05, 0.1) is 0 Å². The fraction of sp³-hybridized carbons (Fsp3) is 0.440. The summed E-state index contributed by atoms with van der Waals surface area (Å²) >= 11 is 0. The van der Waals surface area contributed by atoms with Gasteiger partial charge in [-0.25, -0.2) is 0 Å². The third-order valence-corrected chi connectivity index (χ3v) is 5.45. The van der Waals surface area contributed by atoms with Gasteiger partial charge >= 0.3 is 0 Å². The van der Waals surface area contributed by atoms with E-state index in [1.807, 2.05) is 36.4 Å². The van der Waals surface area contributed by atoms with Crippen molar-refractivity contribution in [2.75, 3.05) is 7.05 Å². The number of carbonyl (C=O) groups is 2. The summed E-state index contributed by atoms with van der Waals surface area (Å²) in [6.07, 6.45) is 1.56. The minimum absolute atomic E-state index is 0.0331. The Labute approximate surface area is 179 Å². The minimum atomic E-state index is -0.581. The van der Waals surface area contributed by atoms with Crippen molar-refractivity contribution < 1.29 is 14.3 Å². The van der Waals surface area contributed by atoms with Crippen molar-refractivity contribution in [3.05, 3.63) is 64.7 Å². The van der Waals surface area contributed by atoms with Crippen molar-refractivity contribution in [1.29, 1.82) is 0 Å². The molecule has 0 aromatic heterocycles. The summed E-state index contributed by atoms with van der Waals surface area (Å²) in [5.74, 6) is 1.04. The molecule has 0 heterocycles. The highest BCUT2D eigenvalue weighted by atomic mass is 16.5. The lowest BCUT2D eigenvalue weighted by Gasteiger charge is -2.23. The summed E-state index contributed by atoms with van der Waals surface area (Å²) in [6.45, 7) is 8.62. The van der Waals surface area contributed by atoms with Gasteiger partial charge in [0, 0.05) is 25.2 Å². The molecule has 3 rings (SSSR count). The highest BCUT2D eigenvalue weighted by molar-refractivity contribution is 5.94. The second-order valence-electron chi connectivity index (χ2n) is 8.57. The first-order valence-electron chi connectivity index (χ1n) is 10.7. The van der Waals surface area contributed by atoms with E-state index >= 15 is 0 Å². The van der Waals surface area contributed by atoms with Crippen LogP contribution in [0, 0.1) is 6.92 Å². The summed E-state index contributed by atoms with van der Waals surface area (Å²) in [5.41, 5.74) is 4.07. The number of benzene rings is 2. The van der Waals surface area contributed by atoms with Crippen LogP contribution in [-0.4, -0.2) is 35.9 Å². The number of amides is 2. The second-order valence-corrected chi connectivity index (χ2v) is 8.57. The van der Waals surface area contributed by atoms with Crippen LogP contribution in [0.3, 0.4) is 0 Å². The van der Waals surface area contributed by atoms with Crippen LogP contribution in [0.25, 0.3) is 0 Å². The molecule has 1 N–H and O–H groups in total. The number of likely N-dealkylation sites (N-methyl/N-ethyl adjacent to an activating group) is 1. The zero-order valence-corrected chi connectivity index (χ0v) is 18.6. The molecule has 0 unspecified atom stereocenters. The molecule has 0 spiro atoms. The van der Waals surface area contributed by atoms with E-state index in [0.29, 0.717) is 29.8 Å². The molecule has 2 aromatic rings. The maximum atomic E-state index is 12.8. The maximum Gasteiger partial charge on any atom is 0.263 e. The molecule has 0 aliphatic heterocycles. The highest BCUT2D eigenvalue weighted by Crippen LogP contribution is 2.24. The van der Waals surface area contributed by atoms with E-state index in [1.54, 1.807) is 18.9 Å². The van der Waals surface area contributed by atoms with Crippen LogP contribution in [0.5, 0.6) is 5.75 Å². The SMILES string of the molecule is Cc1cc(O[C@H](C)C(=O)N(C)Cc2ccc(C(=O)NC3CC3)cc2)ccc1C(C)C. The molecule has 1 atom stereocenters. The van der Waals surface area contributed by atoms with Crippen LogP contribution >= 0.6 is 0 Å². The Morgan fingerprint density at radius 1 is 1.10 bits per heavy atom. The van der Waals surface area contributed by atoms with Crippen LogP contribution in [-0.2, 0) is 11.3 Å². The quantitative estimate of drug-likeness (QED) is 0.703. The zero-order chi connectivity index (χ0) is 21.8. The van der Waals surface area contributed by atoms with Gasteiger partial charge in [0.1, 0.15) is 5.75 Å². The van der Waals surface area contributed by atoms with E-state index in [9.17, 15) is 9.59 Å². The van der Waals surface area contributed by atoms with Crippen LogP contribution in [0.15, 0.2) is 42.5 Å². The Morgan fingerprint density at radius 2 is 1.77 bits per heavy atom. The van der Waals surface area contributed by atoms with Gasteiger partial charge in [0.2, 0.25) is 0 Å². The standard InChI is InChI=1S/C25H32N2O3/c1-16(2)23-13-12-22(14-17(23)3)30-18(4)25(29)27(5)15-19-6-8-20(9-7-19)24(28)26-21-10-11-21/h6-9,12-14,16,18,21H,10-11,15H2,1-5H3,(H,26,28)/t18-/m1/s1. The lowest BCUT2D eigenvalue weighted by Crippen LogP contribution is -2.37. The molecule has 1 fully saturated rings. The molecule has 0 bridgehead atoms. The van der Waals surface area contributed by atoms with Crippen LogP contribution < -0.4 is 10.1 Å². The molecular weight excluding hydrogens is 376 g/mol. The lowest BCUT2D eigenvalue weighted by atomic mass is 9.98. The largest absolute Gasteiger partial charge is 0.481 e. The van der Waals surface area contributed by atoms with Crippen molar-refractivity contribution in [1.82, 2.24) is 10.2 Å². The van der Waals surface area contributed by atoms with Crippen molar-refractivity contribution >= 4 is 11.8 Å². The van der Waals surface area contributed by atoms with Crippen LogP contribution in [0.4, 0.5) is 0 Å². The molecule has 2 aromatic carbocycles. The Hall–Kier alpha value is -2.82. The number of carbonyl (C=O) groups excluding carboxylic acids is 2. The van der Waals surface area contributed by atoms with Gasteiger partial charge in [-0.1, -0.05) is 32.0 Å². The smallest absolute Gasteiger partial charge is 0.263 e. The fourth-order valence-corrected chi connectivity index (χ4v) is 3.54. The van der Waals surface area contributed by atoms with E-state index in [2.05, 4.69) is 32.2 Å². The number of nitrogens with zero attached hydrogens (tertiary/aromatic N) is 1. The first-order valence-corrected chi connectivity index (χ1v) is 10.7. The molecule has 2 amide bonds. The van der Waals surface area contributed by atoms with Crippen molar-refractivity contribution in [2.45, 2.75) is 65.1 Å². The fourth-order valence-electron chi connectivity index (χ4n) is 3.54. The highest BCUT2D eigenvalue weighted by Gasteiger charge is 2.24. The van der Waals surface area contributed by atoms with Gasteiger partial charge in [-0.05, 0) is 73.6 Å². The molecule has 1 aliphatic carbocycles. The van der Waals surface area contributed by atoms with E-state index in [-0.39, 0.29) is 11.8 Å². The van der Waals surface area contributed by atoms with Gasteiger partial charge < -0.3 is 15.0 Å². The Balaban J connectivity index is 1.55. The van der Waals surface area contributed by atoms with E-state index in [4.69, 9.17) is 4.74 Å². The molecule has 1 aliphatic rings. The van der Waals surface area contributed by atoms with Gasteiger partial charge in [-0.2, -0.15) is 0 Å². The zero-order valence-electron chi connectivity index (χ0n) is 18.6. The first kappa shape index (κ1) is 21.9. The molecule has 0 saturated heterocycles. The molecule has 30 heavy (non-hydrogen) atoms. The Morgan fingerprint density at radius 3 is 2.33 bits per heavy atom. The second kappa shape index (κ2) is 9.33. The molecular formula is C25H32N2O3. The number of hydrogen-bond acceptors (Lipinski definition) is 3. The number of hydrogen-bond donors (Lipinski definition) is 1. The monoisotopic (exact) mass is 408 g/mol. The third-order valence-electron chi connectivity index (χ3n) is 5.45. The Bertz CT molecular complexity index is 901. The van der Waals surface area contributed by atoms with Crippen molar-refractivity contribution in [2.24, 2.45) is 0 Å². The van der Waals surface area contributed by atoms with Gasteiger partial charge in [0.15, 0.2) is 6.10 Å². The minimum Gasteiger partial charge on any atom is -0.481 e. The van der Waals surface area contributed by atoms with Crippen molar-refractivity contribution in [3.8, 4) is 5.75 Å². The molecule has 0 radical (unpaired) electrons. The van der Waals surface area contributed by atoms with E-state index in [1.165, 1.54) is 11.1 Å². The number of nitrogens with one attached hydrogen (secondary N) is 1. The summed E-state index contributed by atoms with van der Waals surface area (Å²) in [4.78, 5) is 26.5. The summed E-state index contributed by atoms with van der Waals surface area (Å²) in [5, 5.41) is 2.98. The summed E-state index contributed by atoms with van der Waals surface area (Å²) in [7, 11) is 1.77. The summed E-state index contributed by atoms with van der Waals surface area (Å²) in [6, 6.07) is 13.7. The van der Waals surface area contributed by atoms with E-state index < -0.39 is 6.10 Å². The first-order chi connectivity index (χ1) is 14.2. The van der Waals surface area contributed by atoms with Gasteiger partial charge in [-0.15, -0.1) is 0 Å². The number of rotatable bonds is 8. The molecule has 1 saturated carbocycles. The number of ether oxygens (including phenoxy) is 1. The van der Waals surface area contributed by atoms with Crippen LogP contribution in [0.1, 0.15) is 66.6 Å². The van der Waals surface area contributed by atoms with Gasteiger partial charge in [-0.3, -0.25) is 9.59 Å². The normalized spacial score (nSPS) is 14.3.